The number of ether oxygens (including phenoxy) is 1. The number of carbonyl (C=O) groups excluding carboxylic acids is 1. The number of carbonyl (C=O) groups is 1. The Labute approximate surface area is 189 Å². The van der Waals surface area contributed by atoms with E-state index >= 15 is 0 Å². The molecule has 0 bridgehead atoms. The quantitative estimate of drug-likeness (QED) is 0.482. The molecule has 5 rings (SSSR count). The Hall–Kier alpha value is -2.31. The molecule has 0 radical (unpaired) electrons. The van der Waals surface area contributed by atoms with Crippen LogP contribution in [0.1, 0.15) is 71.9 Å². The molecular formula is C25H26BrNO4. The van der Waals surface area contributed by atoms with Crippen molar-refractivity contribution >= 4 is 32.8 Å². The first-order valence-electron chi connectivity index (χ1n) is 10.9. The summed E-state index contributed by atoms with van der Waals surface area (Å²) in [5, 5.41) is 14.8. The topological polar surface area (TPSA) is 71.7 Å². The molecule has 1 aliphatic heterocycles. The number of aliphatic hydroxyl groups excluding tert-OH is 1. The van der Waals surface area contributed by atoms with Crippen LogP contribution in [0.5, 0.6) is 5.75 Å². The van der Waals surface area contributed by atoms with Gasteiger partial charge in [-0.15, -0.1) is 0 Å². The van der Waals surface area contributed by atoms with Crippen molar-refractivity contribution in [3.05, 3.63) is 63.3 Å². The van der Waals surface area contributed by atoms with Gasteiger partial charge >= 0.3 is 0 Å². The predicted molar refractivity (Wildman–Crippen MR) is 122 cm³/mol. The zero-order chi connectivity index (χ0) is 21.6. The van der Waals surface area contributed by atoms with E-state index in [1.54, 1.807) is 0 Å². The normalized spacial score (nSPS) is 19.8. The number of amides is 1. The van der Waals surface area contributed by atoms with E-state index in [-0.39, 0.29) is 17.3 Å². The van der Waals surface area contributed by atoms with Gasteiger partial charge in [0.25, 0.3) is 5.91 Å². The summed E-state index contributed by atoms with van der Waals surface area (Å²) in [6, 6.07) is 11.5. The Morgan fingerprint density at radius 1 is 1.23 bits per heavy atom. The smallest absolute Gasteiger partial charge is 0.287 e. The standard InChI is InChI=1S/C25H26BrNO4/c1-15-21-19(30-23(15)24(29)27-14-16-6-5-7-17(26)12-16)8-9-20-22(21)18(28)13-25(31-20)10-3-2-4-11-25/h5-9,12,18,28H,2-4,10-11,13-14H2,1H3,(H,27,29)/t18-/m1/s1. The molecule has 1 amide bonds. The van der Waals surface area contributed by atoms with Gasteiger partial charge in [-0.25, -0.2) is 0 Å². The van der Waals surface area contributed by atoms with Crippen LogP contribution in [0.15, 0.2) is 45.3 Å². The second-order valence-electron chi connectivity index (χ2n) is 8.78. The number of fused-ring (bicyclic) bond motifs is 3. The van der Waals surface area contributed by atoms with Crippen molar-refractivity contribution in [1.82, 2.24) is 5.32 Å². The summed E-state index contributed by atoms with van der Waals surface area (Å²) in [6.07, 6.45) is 5.43. The van der Waals surface area contributed by atoms with Gasteiger partial charge < -0.3 is 19.6 Å². The van der Waals surface area contributed by atoms with E-state index in [1.165, 1.54) is 6.42 Å². The lowest BCUT2D eigenvalue weighted by Crippen LogP contribution is -2.42. The van der Waals surface area contributed by atoms with Crippen molar-refractivity contribution in [1.29, 1.82) is 0 Å². The Bertz CT molecular complexity index is 1150. The van der Waals surface area contributed by atoms with Crippen LogP contribution < -0.4 is 10.1 Å². The van der Waals surface area contributed by atoms with Gasteiger partial charge in [0.2, 0.25) is 0 Å². The van der Waals surface area contributed by atoms with E-state index in [4.69, 9.17) is 9.15 Å². The molecule has 2 N–H and O–H groups in total. The highest BCUT2D eigenvalue weighted by molar-refractivity contribution is 9.10. The van der Waals surface area contributed by atoms with Gasteiger partial charge in [-0.3, -0.25) is 4.79 Å². The molecule has 1 fully saturated rings. The lowest BCUT2D eigenvalue weighted by atomic mass is 9.77. The van der Waals surface area contributed by atoms with Gasteiger partial charge in [0.05, 0.1) is 6.10 Å². The van der Waals surface area contributed by atoms with Gasteiger partial charge in [-0.1, -0.05) is 34.5 Å². The van der Waals surface area contributed by atoms with E-state index in [0.717, 1.165) is 58.0 Å². The van der Waals surface area contributed by atoms with Gasteiger partial charge in [0.15, 0.2) is 5.76 Å². The largest absolute Gasteiger partial charge is 0.487 e. The maximum absolute atomic E-state index is 12.9. The van der Waals surface area contributed by atoms with Crippen LogP contribution in [0.25, 0.3) is 11.0 Å². The Morgan fingerprint density at radius 2 is 2.03 bits per heavy atom. The number of aryl methyl sites for hydroxylation is 1. The van der Waals surface area contributed by atoms with Crippen molar-refractivity contribution in [2.45, 2.75) is 63.7 Å². The fourth-order valence-corrected chi connectivity index (χ4v) is 5.58. The SMILES string of the molecule is Cc1c(C(=O)NCc2cccc(Br)c2)oc2ccc3c(c12)[C@H](O)CC1(CCCCC1)O3. The minimum atomic E-state index is -0.626. The Balaban J connectivity index is 1.45. The number of furan rings is 1. The number of benzene rings is 2. The van der Waals surface area contributed by atoms with Gasteiger partial charge in [0, 0.05) is 34.0 Å². The first-order chi connectivity index (χ1) is 15.0. The van der Waals surface area contributed by atoms with Crippen LogP contribution in [0.4, 0.5) is 0 Å². The summed E-state index contributed by atoms with van der Waals surface area (Å²) >= 11 is 3.45. The van der Waals surface area contributed by atoms with Gasteiger partial charge in [0.1, 0.15) is 16.9 Å². The highest BCUT2D eigenvalue weighted by atomic mass is 79.9. The molecule has 6 heteroatoms. The fraction of sp³-hybridized carbons (Fsp3) is 0.400. The Morgan fingerprint density at radius 3 is 2.81 bits per heavy atom. The van der Waals surface area contributed by atoms with Crippen LogP contribution in [0, 0.1) is 6.92 Å². The van der Waals surface area contributed by atoms with Crippen LogP contribution in [0.2, 0.25) is 0 Å². The molecule has 3 aromatic rings. The number of rotatable bonds is 3. The molecule has 1 spiro atoms. The van der Waals surface area contributed by atoms with Crippen molar-refractivity contribution < 1.29 is 19.1 Å². The molecule has 0 unspecified atom stereocenters. The van der Waals surface area contributed by atoms with E-state index < -0.39 is 6.10 Å². The lowest BCUT2D eigenvalue weighted by molar-refractivity contribution is -0.0373. The molecular weight excluding hydrogens is 458 g/mol. The van der Waals surface area contributed by atoms with Gasteiger partial charge in [-0.2, -0.15) is 0 Å². The second kappa shape index (κ2) is 7.99. The summed E-state index contributed by atoms with van der Waals surface area (Å²) in [4.78, 5) is 12.9. The fourth-order valence-electron chi connectivity index (χ4n) is 5.13. The van der Waals surface area contributed by atoms with Crippen LogP contribution in [-0.4, -0.2) is 16.6 Å². The number of hydrogen-bond donors (Lipinski definition) is 2. The maximum Gasteiger partial charge on any atom is 0.287 e. The molecule has 1 atom stereocenters. The number of hydrogen-bond acceptors (Lipinski definition) is 4. The maximum atomic E-state index is 12.9. The third kappa shape index (κ3) is 3.76. The zero-order valence-electron chi connectivity index (χ0n) is 17.5. The number of nitrogens with one attached hydrogen (secondary N) is 1. The molecule has 1 aromatic heterocycles. The highest BCUT2D eigenvalue weighted by Gasteiger charge is 2.42. The summed E-state index contributed by atoms with van der Waals surface area (Å²) in [7, 11) is 0. The van der Waals surface area contributed by atoms with E-state index in [0.29, 0.717) is 18.5 Å². The van der Waals surface area contributed by atoms with Gasteiger partial charge in [-0.05, 0) is 62.4 Å². The number of halogens is 1. The molecule has 162 valence electrons. The van der Waals surface area contributed by atoms with E-state index in [9.17, 15) is 9.90 Å². The van der Waals surface area contributed by atoms with E-state index in [1.807, 2.05) is 43.3 Å². The van der Waals surface area contributed by atoms with Crippen LogP contribution >= 0.6 is 15.9 Å². The first kappa shape index (κ1) is 20.6. The second-order valence-corrected chi connectivity index (χ2v) is 9.70. The van der Waals surface area contributed by atoms with Crippen molar-refractivity contribution in [2.75, 3.05) is 0 Å². The third-order valence-electron chi connectivity index (χ3n) is 6.63. The van der Waals surface area contributed by atoms with Crippen molar-refractivity contribution in [2.24, 2.45) is 0 Å². The monoisotopic (exact) mass is 483 g/mol. The van der Waals surface area contributed by atoms with E-state index in [2.05, 4.69) is 21.2 Å². The lowest BCUT2D eigenvalue weighted by Gasteiger charge is -2.43. The Kier molecular flexibility index (Phi) is 5.30. The van der Waals surface area contributed by atoms with Crippen molar-refractivity contribution in [3.63, 3.8) is 0 Å². The molecule has 0 saturated heterocycles. The summed E-state index contributed by atoms with van der Waals surface area (Å²) < 4.78 is 13.4. The summed E-state index contributed by atoms with van der Waals surface area (Å²) in [6.45, 7) is 2.28. The molecule has 31 heavy (non-hydrogen) atoms. The molecule has 5 nitrogen and oxygen atoms in total. The average molecular weight is 484 g/mol. The van der Waals surface area contributed by atoms with Crippen LogP contribution in [0.3, 0.4) is 0 Å². The molecule has 1 saturated carbocycles. The number of aliphatic hydroxyl groups is 1. The molecule has 2 aliphatic rings. The first-order valence-corrected chi connectivity index (χ1v) is 11.7. The van der Waals surface area contributed by atoms with Crippen molar-refractivity contribution in [3.8, 4) is 5.75 Å². The molecule has 2 aromatic carbocycles. The molecule has 2 heterocycles. The van der Waals surface area contributed by atoms with Crippen LogP contribution in [-0.2, 0) is 6.54 Å². The average Bonchev–Trinajstić information content (AvgIpc) is 3.09. The third-order valence-corrected chi connectivity index (χ3v) is 7.13. The minimum Gasteiger partial charge on any atom is -0.487 e. The predicted octanol–water partition coefficient (Wildman–Crippen LogP) is 5.95. The summed E-state index contributed by atoms with van der Waals surface area (Å²) in [5.41, 5.74) is 2.82. The highest BCUT2D eigenvalue weighted by Crippen LogP contribution is 2.49. The molecule has 1 aliphatic carbocycles. The zero-order valence-corrected chi connectivity index (χ0v) is 19.1. The summed E-state index contributed by atoms with van der Waals surface area (Å²) in [5.74, 6) is 0.735. The minimum absolute atomic E-state index is 0.264.